The van der Waals surface area contributed by atoms with Crippen molar-refractivity contribution >= 4 is 0 Å². The quantitative estimate of drug-likeness (QED) is 0.818. The van der Waals surface area contributed by atoms with E-state index in [1.54, 1.807) is 0 Å². The van der Waals surface area contributed by atoms with E-state index >= 15 is 0 Å². The van der Waals surface area contributed by atoms with Crippen molar-refractivity contribution in [1.82, 2.24) is 15.2 Å². The zero-order chi connectivity index (χ0) is 13.5. The molecule has 106 valence electrons. The lowest BCUT2D eigenvalue weighted by Gasteiger charge is -2.29. The van der Waals surface area contributed by atoms with Crippen molar-refractivity contribution in [3.8, 4) is 0 Å². The van der Waals surface area contributed by atoms with Crippen molar-refractivity contribution in [1.29, 1.82) is 0 Å². The minimum absolute atomic E-state index is 0.647. The first kappa shape index (κ1) is 14.5. The van der Waals surface area contributed by atoms with Crippen LogP contribution in [0.25, 0.3) is 0 Å². The molecule has 1 saturated carbocycles. The van der Waals surface area contributed by atoms with E-state index in [-0.39, 0.29) is 0 Å². The van der Waals surface area contributed by atoms with Gasteiger partial charge < -0.3 is 10.2 Å². The maximum absolute atomic E-state index is 4.19. The number of pyridine rings is 1. The van der Waals surface area contributed by atoms with Crippen LogP contribution in [0.2, 0.25) is 0 Å². The molecular weight excluding hydrogens is 234 g/mol. The molecule has 1 fully saturated rings. The van der Waals surface area contributed by atoms with Gasteiger partial charge in [0.15, 0.2) is 0 Å². The molecule has 1 aliphatic carbocycles. The van der Waals surface area contributed by atoms with Gasteiger partial charge in [0.05, 0.1) is 0 Å². The van der Waals surface area contributed by atoms with Crippen molar-refractivity contribution in [2.24, 2.45) is 5.92 Å². The first-order chi connectivity index (χ1) is 9.29. The maximum atomic E-state index is 4.19. The van der Waals surface area contributed by atoms with Crippen LogP contribution in [0.1, 0.15) is 38.2 Å². The van der Waals surface area contributed by atoms with Gasteiger partial charge in [0.1, 0.15) is 0 Å². The number of hydrogen-bond acceptors (Lipinski definition) is 3. The van der Waals surface area contributed by atoms with Gasteiger partial charge in [-0.25, -0.2) is 0 Å². The summed E-state index contributed by atoms with van der Waals surface area (Å²) in [5, 5.41) is 3.68. The van der Waals surface area contributed by atoms with E-state index < -0.39 is 0 Å². The van der Waals surface area contributed by atoms with E-state index in [0.29, 0.717) is 6.04 Å². The number of hydrogen-bond donors (Lipinski definition) is 1. The Kier molecular flexibility index (Phi) is 5.80. The molecule has 1 aromatic heterocycles. The van der Waals surface area contributed by atoms with Crippen LogP contribution in [0.5, 0.6) is 0 Å². The van der Waals surface area contributed by atoms with E-state index in [4.69, 9.17) is 0 Å². The number of aromatic nitrogens is 1. The van der Waals surface area contributed by atoms with Crippen LogP contribution in [0.3, 0.4) is 0 Å². The molecule has 1 unspecified atom stereocenters. The Morgan fingerprint density at radius 1 is 1.42 bits per heavy atom. The molecule has 19 heavy (non-hydrogen) atoms. The van der Waals surface area contributed by atoms with Crippen LogP contribution >= 0.6 is 0 Å². The third-order valence-corrected chi connectivity index (χ3v) is 4.12. The molecule has 3 heteroatoms. The average Bonchev–Trinajstić information content (AvgIpc) is 2.93. The molecule has 2 rings (SSSR count). The number of nitrogens with zero attached hydrogens (tertiary/aromatic N) is 2. The van der Waals surface area contributed by atoms with Crippen molar-refractivity contribution in [2.45, 2.75) is 45.2 Å². The highest BCUT2D eigenvalue weighted by molar-refractivity contribution is 5.08. The molecular formula is C16H27N3. The smallest absolute Gasteiger partial charge is 0.0312 e. The fraction of sp³-hybridized carbons (Fsp3) is 0.688. The van der Waals surface area contributed by atoms with Gasteiger partial charge in [-0.05, 0) is 44.0 Å². The highest BCUT2D eigenvalue weighted by atomic mass is 15.1. The zero-order valence-electron chi connectivity index (χ0n) is 12.3. The molecule has 1 aromatic rings. The van der Waals surface area contributed by atoms with Crippen LogP contribution in [-0.4, -0.2) is 36.1 Å². The predicted molar refractivity (Wildman–Crippen MR) is 80.0 cm³/mol. The molecule has 0 radical (unpaired) electrons. The van der Waals surface area contributed by atoms with Crippen LogP contribution in [0.15, 0.2) is 24.5 Å². The third kappa shape index (κ3) is 4.59. The molecule has 0 aliphatic heterocycles. The fourth-order valence-corrected chi connectivity index (χ4v) is 3.21. The summed E-state index contributed by atoms with van der Waals surface area (Å²) in [5.74, 6) is 0.872. The Bertz CT molecular complexity index is 346. The first-order valence-corrected chi connectivity index (χ1v) is 7.60. The summed E-state index contributed by atoms with van der Waals surface area (Å²) in [7, 11) is 2.21. The lowest BCUT2D eigenvalue weighted by molar-refractivity contribution is 0.237. The first-order valence-electron chi connectivity index (χ1n) is 7.60. The molecule has 0 bridgehead atoms. The van der Waals surface area contributed by atoms with E-state index in [0.717, 1.165) is 25.6 Å². The Labute approximate surface area is 117 Å². The van der Waals surface area contributed by atoms with Gasteiger partial charge in [0.2, 0.25) is 0 Å². The molecule has 1 heterocycles. The number of nitrogens with one attached hydrogen (secondary N) is 1. The second-order valence-electron chi connectivity index (χ2n) is 5.77. The van der Waals surface area contributed by atoms with E-state index in [9.17, 15) is 0 Å². The molecule has 0 spiro atoms. The van der Waals surface area contributed by atoms with Crippen LogP contribution in [0.4, 0.5) is 0 Å². The minimum Gasteiger partial charge on any atom is -0.313 e. The van der Waals surface area contributed by atoms with Gasteiger partial charge in [-0.15, -0.1) is 0 Å². The Hall–Kier alpha value is -0.930. The van der Waals surface area contributed by atoms with Crippen molar-refractivity contribution in [2.75, 3.05) is 20.1 Å². The summed E-state index contributed by atoms with van der Waals surface area (Å²) in [4.78, 5) is 6.61. The predicted octanol–water partition coefficient (Wildman–Crippen LogP) is 2.68. The lowest BCUT2D eigenvalue weighted by Crippen LogP contribution is -2.43. The normalized spacial score (nSPS) is 18.1. The van der Waals surface area contributed by atoms with Crippen molar-refractivity contribution in [3.63, 3.8) is 0 Å². The summed E-state index contributed by atoms with van der Waals surface area (Å²) in [6.07, 6.45) is 9.44. The zero-order valence-corrected chi connectivity index (χ0v) is 12.3. The molecule has 3 nitrogen and oxygen atoms in total. The second kappa shape index (κ2) is 7.61. The maximum Gasteiger partial charge on any atom is 0.0312 e. The molecule has 0 aromatic carbocycles. The Morgan fingerprint density at radius 2 is 2.21 bits per heavy atom. The average molecular weight is 261 g/mol. The summed E-state index contributed by atoms with van der Waals surface area (Å²) in [6.45, 7) is 5.40. The van der Waals surface area contributed by atoms with Gasteiger partial charge in [0.25, 0.3) is 0 Å². The highest BCUT2D eigenvalue weighted by Gasteiger charge is 2.25. The second-order valence-corrected chi connectivity index (χ2v) is 5.77. The van der Waals surface area contributed by atoms with Gasteiger partial charge >= 0.3 is 0 Å². The molecule has 0 amide bonds. The minimum atomic E-state index is 0.647. The number of rotatable bonds is 7. The third-order valence-electron chi connectivity index (χ3n) is 4.12. The Balaban J connectivity index is 1.85. The van der Waals surface area contributed by atoms with Gasteiger partial charge in [-0.1, -0.05) is 25.8 Å². The van der Waals surface area contributed by atoms with Crippen LogP contribution < -0.4 is 5.32 Å². The molecule has 1 N–H and O–H groups in total. The molecule has 1 atom stereocenters. The SMILES string of the molecule is CCNC(CN(C)Cc1cccnc1)C1CCCC1. The Morgan fingerprint density at radius 3 is 2.84 bits per heavy atom. The topological polar surface area (TPSA) is 28.2 Å². The lowest BCUT2D eigenvalue weighted by atomic mass is 9.97. The standard InChI is InChI=1S/C16H27N3/c1-3-18-16(15-8-4-5-9-15)13-19(2)12-14-7-6-10-17-11-14/h6-7,10-11,15-16,18H,3-5,8-9,12-13H2,1-2H3. The number of likely N-dealkylation sites (N-methyl/N-ethyl adjacent to an activating group) is 2. The summed E-state index contributed by atoms with van der Waals surface area (Å²) in [6, 6.07) is 4.82. The van der Waals surface area contributed by atoms with E-state index in [1.807, 2.05) is 18.5 Å². The molecule has 1 aliphatic rings. The van der Waals surface area contributed by atoms with Gasteiger partial charge in [0, 0.05) is 31.5 Å². The van der Waals surface area contributed by atoms with Gasteiger partial charge in [-0.2, -0.15) is 0 Å². The molecule has 0 saturated heterocycles. The summed E-state index contributed by atoms with van der Waals surface area (Å²) >= 11 is 0. The highest BCUT2D eigenvalue weighted by Crippen LogP contribution is 2.28. The van der Waals surface area contributed by atoms with E-state index in [2.05, 4.69) is 35.2 Å². The summed E-state index contributed by atoms with van der Waals surface area (Å²) < 4.78 is 0. The largest absolute Gasteiger partial charge is 0.313 e. The van der Waals surface area contributed by atoms with Crippen LogP contribution in [0, 0.1) is 5.92 Å². The van der Waals surface area contributed by atoms with Gasteiger partial charge in [-0.3, -0.25) is 4.98 Å². The van der Waals surface area contributed by atoms with Crippen LogP contribution in [-0.2, 0) is 6.54 Å². The fourth-order valence-electron chi connectivity index (χ4n) is 3.21. The van der Waals surface area contributed by atoms with Crippen molar-refractivity contribution in [3.05, 3.63) is 30.1 Å². The van der Waals surface area contributed by atoms with Crippen molar-refractivity contribution < 1.29 is 0 Å². The monoisotopic (exact) mass is 261 g/mol. The summed E-state index contributed by atoms with van der Waals surface area (Å²) in [5.41, 5.74) is 1.30. The van der Waals surface area contributed by atoms with E-state index in [1.165, 1.54) is 31.2 Å².